The number of piperazine rings is 1. The van der Waals surface area contributed by atoms with Gasteiger partial charge in [0.25, 0.3) is 10.0 Å². The van der Waals surface area contributed by atoms with Crippen LogP contribution in [0.4, 0.5) is 37.7 Å². The highest BCUT2D eigenvalue weighted by atomic mass is 32.2. The van der Waals surface area contributed by atoms with Gasteiger partial charge in [0.2, 0.25) is 0 Å². The van der Waals surface area contributed by atoms with Crippen molar-refractivity contribution in [2.45, 2.75) is 36.7 Å². The molecule has 2 aliphatic heterocycles. The summed E-state index contributed by atoms with van der Waals surface area (Å²) in [6, 6.07) is 9.33. The topological polar surface area (TPSA) is 90.4 Å². The molecule has 230 valence electrons. The predicted molar refractivity (Wildman–Crippen MR) is 144 cm³/mol. The van der Waals surface area contributed by atoms with Gasteiger partial charge in [-0.3, -0.25) is 14.0 Å². The molecule has 2 aliphatic rings. The lowest BCUT2D eigenvalue weighted by molar-refractivity contribution is -0.143. The number of sulfonamides is 1. The standard InChI is InChI=1S/C28H25F6N3O5S/c1-16(26(38)39)35-7-8-36-21(14-35)15-37(43(40,41)23-4-2-3-19(12-23)28(32,33)34)25-11-17(5-6-24(25)36)18-9-20(29)13-22(10-18)42-27(30)31/h2-6,9-13,16,21,27H,7-8,14-15H2,1H3,(H,38,39)/t16-,21-/m0/s1. The summed E-state index contributed by atoms with van der Waals surface area (Å²) in [7, 11) is -4.62. The van der Waals surface area contributed by atoms with Crippen LogP contribution in [0.3, 0.4) is 0 Å². The van der Waals surface area contributed by atoms with Crippen LogP contribution >= 0.6 is 0 Å². The van der Waals surface area contributed by atoms with E-state index in [9.17, 15) is 44.7 Å². The summed E-state index contributed by atoms with van der Waals surface area (Å²) in [6.45, 7) is -1.14. The minimum absolute atomic E-state index is 0.0754. The number of ether oxygens (including phenoxy) is 1. The second kappa shape index (κ2) is 11.3. The van der Waals surface area contributed by atoms with Gasteiger partial charge in [-0.15, -0.1) is 0 Å². The molecule has 2 atom stereocenters. The highest BCUT2D eigenvalue weighted by Gasteiger charge is 2.42. The van der Waals surface area contributed by atoms with Gasteiger partial charge in [-0.2, -0.15) is 22.0 Å². The number of carbonyl (C=O) groups is 1. The van der Waals surface area contributed by atoms with Crippen molar-refractivity contribution < 1.29 is 49.4 Å². The zero-order valence-electron chi connectivity index (χ0n) is 22.4. The molecule has 0 saturated carbocycles. The van der Waals surface area contributed by atoms with Crippen LogP contribution < -0.4 is 13.9 Å². The smallest absolute Gasteiger partial charge is 0.416 e. The lowest BCUT2D eigenvalue weighted by Crippen LogP contribution is -2.62. The number of halogens is 6. The summed E-state index contributed by atoms with van der Waals surface area (Å²) in [6.07, 6.45) is -4.80. The number of benzene rings is 3. The Kier molecular flexibility index (Phi) is 7.98. The largest absolute Gasteiger partial charge is 0.480 e. The summed E-state index contributed by atoms with van der Waals surface area (Å²) >= 11 is 0. The number of hydrogen-bond acceptors (Lipinski definition) is 6. The normalized spacial score (nSPS) is 18.3. The molecule has 3 aromatic carbocycles. The van der Waals surface area contributed by atoms with Crippen LogP contribution in [0.25, 0.3) is 11.1 Å². The van der Waals surface area contributed by atoms with Crippen molar-refractivity contribution in [3.05, 3.63) is 72.0 Å². The van der Waals surface area contributed by atoms with Crippen LogP contribution in [0.15, 0.2) is 65.6 Å². The summed E-state index contributed by atoms with van der Waals surface area (Å²) in [5, 5.41) is 9.51. The molecule has 5 rings (SSSR count). The minimum Gasteiger partial charge on any atom is -0.480 e. The monoisotopic (exact) mass is 629 g/mol. The molecule has 2 heterocycles. The molecule has 43 heavy (non-hydrogen) atoms. The molecule has 8 nitrogen and oxygen atoms in total. The predicted octanol–water partition coefficient (Wildman–Crippen LogP) is 5.29. The van der Waals surface area contributed by atoms with Gasteiger partial charge < -0.3 is 14.7 Å². The third-order valence-corrected chi connectivity index (χ3v) is 9.30. The number of hydrogen-bond donors (Lipinski definition) is 1. The number of alkyl halides is 5. The zero-order valence-corrected chi connectivity index (χ0v) is 23.2. The van der Waals surface area contributed by atoms with Crippen LogP contribution in [-0.2, 0) is 21.0 Å². The average molecular weight is 630 g/mol. The van der Waals surface area contributed by atoms with E-state index in [0.717, 1.165) is 40.7 Å². The Labute approximate surface area is 242 Å². The average Bonchev–Trinajstić information content (AvgIpc) is 2.94. The molecule has 1 N–H and O–H groups in total. The number of carboxylic acids is 1. The van der Waals surface area contributed by atoms with Crippen LogP contribution in [0.1, 0.15) is 12.5 Å². The highest BCUT2D eigenvalue weighted by Crippen LogP contribution is 2.43. The molecular weight excluding hydrogens is 604 g/mol. The second-order valence-corrected chi connectivity index (χ2v) is 12.0. The summed E-state index contributed by atoms with van der Waals surface area (Å²) < 4.78 is 114. The quantitative estimate of drug-likeness (QED) is 0.356. The van der Waals surface area contributed by atoms with Crippen LogP contribution in [-0.4, -0.2) is 69.3 Å². The first kappa shape index (κ1) is 30.5. The van der Waals surface area contributed by atoms with Crippen molar-refractivity contribution in [3.8, 4) is 16.9 Å². The molecule has 0 bridgehead atoms. The van der Waals surface area contributed by atoms with E-state index in [0.29, 0.717) is 24.8 Å². The van der Waals surface area contributed by atoms with Crippen molar-refractivity contribution in [1.82, 2.24) is 4.90 Å². The van der Waals surface area contributed by atoms with E-state index in [4.69, 9.17) is 0 Å². The third-order valence-electron chi connectivity index (χ3n) is 7.53. The lowest BCUT2D eigenvalue weighted by Gasteiger charge is -2.49. The number of fused-ring (bicyclic) bond motifs is 3. The Morgan fingerprint density at radius 2 is 1.72 bits per heavy atom. The zero-order chi connectivity index (χ0) is 31.3. The molecular formula is C28H25F6N3O5S. The van der Waals surface area contributed by atoms with Gasteiger partial charge in [0.05, 0.1) is 34.4 Å². The molecule has 1 fully saturated rings. The molecule has 1 saturated heterocycles. The number of rotatable bonds is 7. The Morgan fingerprint density at radius 1 is 0.977 bits per heavy atom. The van der Waals surface area contributed by atoms with Crippen LogP contribution in [0, 0.1) is 5.82 Å². The molecule has 0 unspecified atom stereocenters. The lowest BCUT2D eigenvalue weighted by atomic mass is 9.99. The molecule has 3 aromatic rings. The molecule has 0 aromatic heterocycles. The van der Waals surface area contributed by atoms with Gasteiger partial charge in [0, 0.05) is 25.7 Å². The number of carboxylic acid groups (broad SMARTS) is 1. The molecule has 0 radical (unpaired) electrons. The molecule has 0 amide bonds. The van der Waals surface area contributed by atoms with Gasteiger partial charge in [0.1, 0.15) is 17.6 Å². The van der Waals surface area contributed by atoms with E-state index in [2.05, 4.69) is 4.74 Å². The van der Waals surface area contributed by atoms with Crippen molar-refractivity contribution in [2.24, 2.45) is 0 Å². The van der Waals surface area contributed by atoms with E-state index >= 15 is 0 Å². The Morgan fingerprint density at radius 3 is 2.40 bits per heavy atom. The fourth-order valence-electron chi connectivity index (χ4n) is 5.38. The number of anilines is 2. The van der Waals surface area contributed by atoms with Gasteiger partial charge in [-0.25, -0.2) is 12.8 Å². The first-order chi connectivity index (χ1) is 20.1. The van der Waals surface area contributed by atoms with E-state index in [1.165, 1.54) is 19.1 Å². The van der Waals surface area contributed by atoms with Crippen molar-refractivity contribution in [3.63, 3.8) is 0 Å². The molecule has 0 spiro atoms. The van der Waals surface area contributed by atoms with Crippen molar-refractivity contribution in [2.75, 3.05) is 35.4 Å². The first-order valence-corrected chi connectivity index (χ1v) is 14.4. The maximum absolute atomic E-state index is 14.3. The first-order valence-electron chi connectivity index (χ1n) is 13.0. The third kappa shape index (κ3) is 6.09. The van der Waals surface area contributed by atoms with Crippen LogP contribution in [0.2, 0.25) is 0 Å². The van der Waals surface area contributed by atoms with E-state index < -0.39 is 62.9 Å². The Hall–Kier alpha value is -3.98. The number of aliphatic carboxylic acids is 1. The number of nitrogens with zero attached hydrogens (tertiary/aromatic N) is 3. The molecule has 0 aliphatic carbocycles. The van der Waals surface area contributed by atoms with Crippen molar-refractivity contribution >= 4 is 27.4 Å². The van der Waals surface area contributed by atoms with Crippen molar-refractivity contribution in [1.29, 1.82) is 0 Å². The summed E-state index contributed by atoms with van der Waals surface area (Å²) in [5.41, 5.74) is -0.355. The fourth-order valence-corrected chi connectivity index (χ4v) is 6.94. The Balaban J connectivity index is 1.63. The van der Waals surface area contributed by atoms with Gasteiger partial charge >= 0.3 is 18.8 Å². The van der Waals surface area contributed by atoms with Gasteiger partial charge in [0.15, 0.2) is 0 Å². The molecule has 15 heteroatoms. The summed E-state index contributed by atoms with van der Waals surface area (Å²) in [5.74, 6) is -2.41. The van der Waals surface area contributed by atoms with E-state index in [1.54, 1.807) is 11.0 Å². The maximum atomic E-state index is 14.3. The van der Waals surface area contributed by atoms with Gasteiger partial charge in [-0.05, 0) is 60.5 Å². The maximum Gasteiger partial charge on any atom is 0.416 e. The fraction of sp³-hybridized carbons (Fsp3) is 0.321. The second-order valence-electron chi connectivity index (χ2n) is 10.2. The summed E-state index contributed by atoms with van der Waals surface area (Å²) in [4.78, 5) is 14.6. The van der Waals surface area contributed by atoms with Crippen LogP contribution in [0.5, 0.6) is 5.75 Å². The Bertz CT molecular complexity index is 1650. The highest BCUT2D eigenvalue weighted by molar-refractivity contribution is 7.92. The van der Waals surface area contributed by atoms with E-state index in [-0.39, 0.29) is 29.9 Å². The van der Waals surface area contributed by atoms with Gasteiger partial charge in [-0.1, -0.05) is 12.1 Å². The minimum atomic E-state index is -4.80. The van der Waals surface area contributed by atoms with E-state index in [1.807, 2.05) is 4.90 Å². The SMILES string of the molecule is C[C@@H](C(=O)O)N1CCN2c3ccc(-c4cc(F)cc(OC(F)F)c4)cc3N(S(=O)(=O)c3cccc(C(F)(F)F)c3)C[C@@H]2C1.